The van der Waals surface area contributed by atoms with E-state index in [9.17, 15) is 19.5 Å². The molecule has 0 radical (unpaired) electrons. The molecule has 3 aromatic carbocycles. The Bertz CT molecular complexity index is 1330. The summed E-state index contributed by atoms with van der Waals surface area (Å²) in [5, 5.41) is 12.4. The standard InChI is InChI=1S/C32H34N2O6/c1-20(31(36)37)34(23-16-17-23)30(35)29(21(2)39-18-22-10-4-3-5-11-22)33-32(38)40-19-28-26-14-8-6-12-24(26)25-13-7-9-15-27(25)28/h3-15,20-21,23,28-29H,16-19H2,1-2H3,(H,33,38)(H,36,37)/t20?,21-,29+/m0/s1. The third-order valence-corrected chi connectivity index (χ3v) is 7.68. The zero-order valence-electron chi connectivity index (χ0n) is 22.7. The number of carboxylic acid groups (broad SMARTS) is 1. The Morgan fingerprint density at radius 2 is 1.48 bits per heavy atom. The number of nitrogens with one attached hydrogen (secondary N) is 1. The molecule has 0 aliphatic heterocycles. The van der Waals surface area contributed by atoms with Crippen LogP contribution in [-0.4, -0.2) is 58.8 Å². The first-order chi connectivity index (χ1) is 19.3. The summed E-state index contributed by atoms with van der Waals surface area (Å²) in [4.78, 5) is 40.1. The van der Waals surface area contributed by atoms with E-state index in [4.69, 9.17) is 9.47 Å². The van der Waals surface area contributed by atoms with Crippen molar-refractivity contribution < 1.29 is 29.0 Å². The third kappa shape index (κ3) is 5.87. The quantitative estimate of drug-likeness (QED) is 0.355. The van der Waals surface area contributed by atoms with Crippen LogP contribution in [0.3, 0.4) is 0 Å². The van der Waals surface area contributed by atoms with Gasteiger partial charge in [-0.05, 0) is 54.5 Å². The van der Waals surface area contributed by atoms with Crippen LogP contribution in [0.25, 0.3) is 11.1 Å². The predicted molar refractivity (Wildman–Crippen MR) is 150 cm³/mol. The number of carboxylic acids is 1. The highest BCUT2D eigenvalue weighted by Crippen LogP contribution is 2.44. The highest BCUT2D eigenvalue weighted by molar-refractivity contribution is 5.90. The monoisotopic (exact) mass is 542 g/mol. The minimum Gasteiger partial charge on any atom is -0.480 e. The molecule has 0 aromatic heterocycles. The number of amides is 2. The van der Waals surface area contributed by atoms with Crippen LogP contribution < -0.4 is 5.32 Å². The van der Waals surface area contributed by atoms with Crippen molar-refractivity contribution in [1.82, 2.24) is 10.2 Å². The summed E-state index contributed by atoms with van der Waals surface area (Å²) in [7, 11) is 0. The van der Waals surface area contributed by atoms with Crippen LogP contribution >= 0.6 is 0 Å². The van der Waals surface area contributed by atoms with Gasteiger partial charge in [0.05, 0.1) is 12.7 Å². The molecule has 2 aliphatic carbocycles. The Labute approximate surface area is 233 Å². The number of hydrogen-bond acceptors (Lipinski definition) is 5. The molecule has 5 rings (SSSR count). The maximum Gasteiger partial charge on any atom is 0.407 e. The van der Waals surface area contributed by atoms with E-state index in [1.54, 1.807) is 6.92 Å². The lowest BCUT2D eigenvalue weighted by Crippen LogP contribution is -2.58. The second-order valence-corrected chi connectivity index (χ2v) is 10.4. The van der Waals surface area contributed by atoms with Gasteiger partial charge in [-0.2, -0.15) is 0 Å². The maximum atomic E-state index is 13.8. The lowest BCUT2D eigenvalue weighted by Gasteiger charge is -2.33. The van der Waals surface area contributed by atoms with Crippen LogP contribution in [0.2, 0.25) is 0 Å². The number of alkyl carbamates (subject to hydrolysis) is 1. The molecule has 0 bridgehead atoms. The lowest BCUT2D eigenvalue weighted by atomic mass is 9.98. The number of rotatable bonds is 11. The summed E-state index contributed by atoms with van der Waals surface area (Å²) in [6.45, 7) is 3.51. The molecule has 1 saturated carbocycles. The number of nitrogens with zero attached hydrogens (tertiary/aromatic N) is 1. The van der Waals surface area contributed by atoms with Crippen LogP contribution in [0.5, 0.6) is 0 Å². The maximum absolute atomic E-state index is 13.8. The van der Waals surface area contributed by atoms with Crippen LogP contribution in [0.4, 0.5) is 4.79 Å². The van der Waals surface area contributed by atoms with Crippen molar-refractivity contribution in [2.75, 3.05) is 6.61 Å². The van der Waals surface area contributed by atoms with Crippen molar-refractivity contribution in [2.45, 2.75) is 63.4 Å². The van der Waals surface area contributed by atoms with Gasteiger partial charge in [0.25, 0.3) is 0 Å². The molecule has 1 fully saturated rings. The molecule has 8 nitrogen and oxygen atoms in total. The van der Waals surface area contributed by atoms with E-state index in [-0.39, 0.29) is 25.2 Å². The molecule has 3 atom stereocenters. The molecular weight excluding hydrogens is 508 g/mol. The highest BCUT2D eigenvalue weighted by atomic mass is 16.5. The molecule has 1 unspecified atom stereocenters. The molecule has 40 heavy (non-hydrogen) atoms. The van der Waals surface area contributed by atoms with Crippen molar-refractivity contribution in [2.24, 2.45) is 0 Å². The highest BCUT2D eigenvalue weighted by Gasteiger charge is 2.43. The van der Waals surface area contributed by atoms with Gasteiger partial charge in [0.15, 0.2) is 0 Å². The fourth-order valence-electron chi connectivity index (χ4n) is 5.36. The smallest absolute Gasteiger partial charge is 0.407 e. The Kier molecular flexibility index (Phi) is 8.16. The van der Waals surface area contributed by atoms with Gasteiger partial charge in [-0.1, -0.05) is 78.9 Å². The van der Waals surface area contributed by atoms with E-state index in [2.05, 4.69) is 17.4 Å². The first kappa shape index (κ1) is 27.4. The van der Waals surface area contributed by atoms with Crippen molar-refractivity contribution in [1.29, 1.82) is 0 Å². The van der Waals surface area contributed by atoms with Crippen LogP contribution in [0.15, 0.2) is 78.9 Å². The minimum atomic E-state index is -1.12. The Balaban J connectivity index is 1.31. The number of hydrogen-bond donors (Lipinski definition) is 2. The first-order valence-corrected chi connectivity index (χ1v) is 13.7. The topological polar surface area (TPSA) is 105 Å². The summed E-state index contributed by atoms with van der Waals surface area (Å²) in [6.07, 6.45) is -0.0508. The molecule has 208 valence electrons. The van der Waals surface area contributed by atoms with E-state index >= 15 is 0 Å². The Hall–Kier alpha value is -4.17. The molecule has 0 heterocycles. The number of benzene rings is 3. The predicted octanol–water partition coefficient (Wildman–Crippen LogP) is 4.96. The first-order valence-electron chi connectivity index (χ1n) is 13.7. The van der Waals surface area contributed by atoms with Gasteiger partial charge in [0.1, 0.15) is 18.7 Å². The van der Waals surface area contributed by atoms with Gasteiger partial charge >= 0.3 is 12.1 Å². The van der Waals surface area contributed by atoms with Crippen molar-refractivity contribution in [3.05, 3.63) is 95.6 Å². The summed E-state index contributed by atoms with van der Waals surface area (Å²) in [6, 6.07) is 23.3. The van der Waals surface area contributed by atoms with Crippen LogP contribution in [0.1, 0.15) is 49.3 Å². The van der Waals surface area contributed by atoms with E-state index < -0.39 is 36.2 Å². The van der Waals surface area contributed by atoms with Crippen molar-refractivity contribution >= 4 is 18.0 Å². The molecule has 2 N–H and O–H groups in total. The Morgan fingerprint density at radius 1 is 0.900 bits per heavy atom. The summed E-state index contributed by atoms with van der Waals surface area (Å²) in [5.41, 5.74) is 5.31. The van der Waals surface area contributed by atoms with Gasteiger partial charge in [0.2, 0.25) is 5.91 Å². The lowest BCUT2D eigenvalue weighted by molar-refractivity contribution is -0.152. The zero-order valence-corrected chi connectivity index (χ0v) is 22.7. The third-order valence-electron chi connectivity index (χ3n) is 7.68. The zero-order chi connectivity index (χ0) is 28.2. The SMILES string of the molecule is CC(C(=O)O)N(C(=O)[C@H](NC(=O)OCC1c2ccccc2-c2ccccc21)[C@H](C)OCc1ccccc1)C1CC1. The van der Waals surface area contributed by atoms with Gasteiger partial charge in [-0.15, -0.1) is 0 Å². The van der Waals surface area contributed by atoms with E-state index in [1.807, 2.05) is 66.7 Å². The number of fused-ring (bicyclic) bond motifs is 3. The second kappa shape index (κ2) is 11.9. The fourth-order valence-corrected chi connectivity index (χ4v) is 5.36. The van der Waals surface area contributed by atoms with E-state index in [0.717, 1.165) is 40.7 Å². The normalized spacial score (nSPS) is 16.2. The Morgan fingerprint density at radius 3 is 2.05 bits per heavy atom. The number of carbonyl (C=O) groups is 3. The molecular formula is C32H34N2O6. The van der Waals surface area contributed by atoms with Crippen molar-refractivity contribution in [3.8, 4) is 11.1 Å². The van der Waals surface area contributed by atoms with E-state index in [1.165, 1.54) is 11.8 Å². The number of aliphatic carboxylic acids is 1. The van der Waals surface area contributed by atoms with Crippen LogP contribution in [0, 0.1) is 0 Å². The molecule has 2 aliphatic rings. The van der Waals surface area contributed by atoms with E-state index in [0.29, 0.717) is 0 Å². The second-order valence-electron chi connectivity index (χ2n) is 10.4. The fraction of sp³-hybridized carbons (Fsp3) is 0.344. The van der Waals surface area contributed by atoms with Crippen LogP contribution in [-0.2, 0) is 25.7 Å². The summed E-state index contributed by atoms with van der Waals surface area (Å²) in [5.74, 6) is -1.72. The largest absolute Gasteiger partial charge is 0.480 e. The average Bonchev–Trinajstić information content (AvgIpc) is 3.75. The van der Waals surface area contributed by atoms with Gasteiger partial charge in [-0.3, -0.25) is 4.79 Å². The molecule has 2 amide bonds. The minimum absolute atomic E-state index is 0.0951. The number of ether oxygens (including phenoxy) is 2. The average molecular weight is 543 g/mol. The summed E-state index contributed by atoms with van der Waals surface area (Å²) >= 11 is 0. The molecule has 3 aromatic rings. The van der Waals surface area contributed by atoms with Gasteiger partial charge in [-0.25, -0.2) is 9.59 Å². The van der Waals surface area contributed by atoms with Gasteiger partial charge < -0.3 is 24.8 Å². The summed E-state index contributed by atoms with van der Waals surface area (Å²) < 4.78 is 11.7. The molecule has 0 saturated heterocycles. The molecule has 8 heteroatoms. The number of carbonyl (C=O) groups excluding carboxylic acids is 2. The molecule has 0 spiro atoms. The van der Waals surface area contributed by atoms with Gasteiger partial charge in [0, 0.05) is 12.0 Å². The van der Waals surface area contributed by atoms with Crippen molar-refractivity contribution in [3.63, 3.8) is 0 Å².